The van der Waals surface area contributed by atoms with Gasteiger partial charge in [0.05, 0.1) is 63.6 Å². The Morgan fingerprint density at radius 3 is 0.883 bits per heavy atom. The molecule has 13 aliphatic rings. The number of carbonyl (C=O) groups excluding carboxylic acids is 8. The summed E-state index contributed by atoms with van der Waals surface area (Å²) in [6.45, 7) is 70.0. The second-order valence-corrected chi connectivity index (χ2v) is 47.9. The highest BCUT2D eigenvalue weighted by atomic mass is 16.7. The molecular formula is C126H260O19. The van der Waals surface area contributed by atoms with E-state index in [1.54, 1.807) is 0 Å². The van der Waals surface area contributed by atoms with Crippen LogP contribution in [0.5, 0.6) is 0 Å². The van der Waals surface area contributed by atoms with E-state index in [1.165, 1.54) is 116 Å². The monoisotopic (exact) mass is 2080 g/mol. The summed E-state index contributed by atoms with van der Waals surface area (Å²) in [4.78, 5) is 93.7. The Morgan fingerprint density at radius 2 is 0.566 bits per heavy atom. The minimum Gasteiger partial charge on any atom is -0.460 e. The van der Waals surface area contributed by atoms with E-state index in [9.17, 15) is 38.4 Å². The van der Waals surface area contributed by atoms with Crippen LogP contribution in [0.15, 0.2) is 0 Å². The van der Waals surface area contributed by atoms with Gasteiger partial charge < -0.3 is 52.1 Å². The molecule has 13 rings (SSSR count). The van der Waals surface area contributed by atoms with Crippen LogP contribution in [0.1, 0.15) is 567 Å². The normalized spacial score (nSPS) is 26.8. The maximum atomic E-state index is 12.2. The van der Waals surface area contributed by atoms with E-state index < -0.39 is 23.4 Å². The van der Waals surface area contributed by atoms with Gasteiger partial charge in [0.15, 0.2) is 18.9 Å². The smallest absolute Gasteiger partial charge is 0.313 e. The standard InChI is InChI=1S/C20H32O3.C19H30O3.C18H30O3.C13H24O2.C11H22O2.2C10H20O2.C9H18O2.16CH4/c1-5-20(3,4)19(21)23-11(2)22-16-10-14-9-15(16)18-13-7-6-12(8-13)17(14)18;1-4-10(2)19(20)22-11(3)21-16-9-14-8-15(16)18-13-6-5-12(7-13)17(14)18;1-5-18(3,4)17(19)21-11(2)20-16-14-7-12-6-13(9-14)10-15(16)8-12;1-4-11(3)12(14)15-13(5-2)9-7-6-8-10-13;1-7-10(3,4)9(12)13-11(5,6)8-2;1-7-10(5,6)8(11)12-9(2,3)4;1-6-8(3)9(11)12-10(4,5)7-2;1-6-7(2)8(10)11-9(3,4)5;;;;;;;;;;;;;;;;/h11-18H,5-10H2,1-4H3;10-18H,4-9H2,1-3H3;11-16H,5-10H2,1-4H3;11H,4-10H2,1-3H3;7-8H2,1-6H3;7H2,1-6H3;8H,6-7H2,1-5H3;7H,6H2,1-5H3;16*1H4. The molecule has 878 valence electrons. The van der Waals surface area contributed by atoms with Crippen molar-refractivity contribution in [3.05, 3.63) is 0 Å². The topological polar surface area (TPSA) is 238 Å². The third-order valence-corrected chi connectivity index (χ3v) is 33.2. The number of ether oxygens (including phenoxy) is 11. The maximum absolute atomic E-state index is 12.2. The Kier molecular flexibility index (Phi) is 81.8. The average molecular weight is 2080 g/mol. The molecule has 145 heavy (non-hydrogen) atoms. The van der Waals surface area contributed by atoms with Gasteiger partial charge in [-0.25, -0.2) is 0 Å². The molecule has 12 bridgehead atoms. The lowest BCUT2D eigenvalue weighted by molar-refractivity contribution is -0.224. The van der Waals surface area contributed by atoms with Crippen molar-refractivity contribution in [2.45, 2.75) is 632 Å². The Hall–Kier alpha value is -4.36. The molecule has 0 saturated heterocycles. The lowest BCUT2D eigenvalue weighted by atomic mass is 9.55. The van der Waals surface area contributed by atoms with Crippen molar-refractivity contribution in [3.8, 4) is 0 Å². The molecule has 0 aliphatic heterocycles. The van der Waals surface area contributed by atoms with Crippen LogP contribution >= 0.6 is 0 Å². The molecule has 0 spiro atoms. The first-order valence-electron chi connectivity index (χ1n) is 52.5. The number of rotatable bonds is 31. The van der Waals surface area contributed by atoms with Crippen LogP contribution < -0.4 is 0 Å². The van der Waals surface area contributed by atoms with Gasteiger partial charge in [-0.05, 0) is 433 Å². The molecule has 0 aromatic carbocycles. The fraction of sp³-hybridized carbons (Fsp3) is 0.937. The molecule has 0 radical (unpaired) electrons. The Morgan fingerprint density at radius 1 is 0.276 bits per heavy atom. The molecule has 0 aromatic heterocycles. The van der Waals surface area contributed by atoms with Gasteiger partial charge in [-0.15, -0.1) is 0 Å². The van der Waals surface area contributed by atoms with Gasteiger partial charge in [-0.1, -0.05) is 229 Å². The molecule has 13 saturated carbocycles. The summed E-state index contributed by atoms with van der Waals surface area (Å²) in [5, 5.41) is 0. The lowest BCUT2D eigenvalue weighted by Crippen LogP contribution is -2.50. The maximum Gasteiger partial charge on any atom is 0.313 e. The van der Waals surface area contributed by atoms with Gasteiger partial charge in [0.1, 0.15) is 28.0 Å². The number of carbonyl (C=O) groups is 8. The quantitative estimate of drug-likeness (QED) is 0.0271. The number of fused-ring (bicyclic) bond motifs is 18. The van der Waals surface area contributed by atoms with Crippen LogP contribution in [-0.4, -0.2) is 113 Å². The Bertz CT molecular complexity index is 3430. The minimum atomic E-state index is -0.415. The fourth-order valence-electron chi connectivity index (χ4n) is 22.1. The van der Waals surface area contributed by atoms with Crippen molar-refractivity contribution in [2.75, 3.05) is 0 Å². The average Bonchev–Trinajstić information content (AvgIpc) is 1.52. The van der Waals surface area contributed by atoms with Crippen molar-refractivity contribution >= 4 is 47.8 Å². The second-order valence-electron chi connectivity index (χ2n) is 47.9. The van der Waals surface area contributed by atoms with Crippen molar-refractivity contribution in [2.24, 2.45) is 140 Å². The van der Waals surface area contributed by atoms with Crippen molar-refractivity contribution < 1.29 is 90.5 Å². The second kappa shape index (κ2) is 71.6. The van der Waals surface area contributed by atoms with E-state index in [0.29, 0.717) is 30.1 Å². The molecule has 13 aliphatic carbocycles. The molecule has 0 amide bonds. The SMILES string of the molecule is C.C.C.C.C.C.C.C.C.C.C.C.C.C.C.C.CCC(C)(C)C(=O)OC(C)(C)C.CCC(C)(C)C(=O)OC(C)OC1C2CC3CC(C2)CC1C3.CCC(C)(C)C(=O)OC(C)OC1CC2CC1C1C3CCC(C3)C21.CCC(C)(C)OC(=O)C(C)(C)CC.CCC(C)C(=O)OC(C)(C)C.CCC(C)C(=O)OC(C)(C)CC.CCC(C)C(=O)OC(C)OC1CC2CC1C1C3CCC(C3)C21.CCC(C)C(=O)OC1(CC)CCCCC1. The highest BCUT2D eigenvalue weighted by Gasteiger charge is 2.65. The highest BCUT2D eigenvalue weighted by molar-refractivity contribution is 5.78. The van der Waals surface area contributed by atoms with Gasteiger partial charge in [0, 0.05) is 0 Å². The molecule has 21 unspecified atom stereocenters. The molecule has 19 nitrogen and oxygen atoms in total. The summed E-state index contributed by atoms with van der Waals surface area (Å²) in [6, 6.07) is 0. The first-order valence-corrected chi connectivity index (χ1v) is 52.5. The molecule has 13 fully saturated rings. The third kappa shape index (κ3) is 48.5. The zero-order valence-electron chi connectivity index (χ0n) is 89.2. The van der Waals surface area contributed by atoms with Crippen molar-refractivity contribution in [1.82, 2.24) is 0 Å². The van der Waals surface area contributed by atoms with E-state index >= 15 is 0 Å². The van der Waals surface area contributed by atoms with Crippen LogP contribution in [-0.2, 0) is 90.5 Å². The lowest BCUT2D eigenvalue weighted by Gasteiger charge is -2.54. The van der Waals surface area contributed by atoms with Gasteiger partial charge in [0.25, 0.3) is 0 Å². The van der Waals surface area contributed by atoms with E-state index in [2.05, 4.69) is 6.92 Å². The van der Waals surface area contributed by atoms with Crippen LogP contribution in [0.3, 0.4) is 0 Å². The zero-order chi connectivity index (χ0) is 97.8. The first-order chi connectivity index (χ1) is 59.7. The number of esters is 8. The van der Waals surface area contributed by atoms with Crippen LogP contribution in [0, 0.1) is 140 Å². The summed E-state index contributed by atoms with van der Waals surface area (Å²) in [5.74, 6) is 13.8. The Labute approximate surface area is 905 Å². The van der Waals surface area contributed by atoms with Crippen molar-refractivity contribution in [1.29, 1.82) is 0 Å². The largest absolute Gasteiger partial charge is 0.460 e. The van der Waals surface area contributed by atoms with Gasteiger partial charge in [-0.3, -0.25) is 38.4 Å². The summed E-state index contributed by atoms with van der Waals surface area (Å²) < 4.78 is 62.1. The van der Waals surface area contributed by atoms with Gasteiger partial charge in [0.2, 0.25) is 0 Å². The number of hydrogen-bond donors (Lipinski definition) is 0. The molecule has 0 N–H and O–H groups in total. The molecule has 19 heteroatoms. The summed E-state index contributed by atoms with van der Waals surface area (Å²) in [6.07, 6.45) is 35.7. The van der Waals surface area contributed by atoms with Crippen LogP contribution in [0.25, 0.3) is 0 Å². The molecule has 0 aromatic rings. The summed E-state index contributed by atoms with van der Waals surface area (Å²) in [7, 11) is 0. The Balaban J connectivity index is -0.000000139. The molecular weight excluding hydrogens is 1820 g/mol. The van der Waals surface area contributed by atoms with Crippen LogP contribution in [0.2, 0.25) is 0 Å². The van der Waals surface area contributed by atoms with Crippen molar-refractivity contribution in [3.63, 3.8) is 0 Å². The zero-order valence-corrected chi connectivity index (χ0v) is 89.2. The third-order valence-electron chi connectivity index (χ3n) is 33.2. The molecule has 21 atom stereocenters. The fourth-order valence-corrected chi connectivity index (χ4v) is 22.1. The van der Waals surface area contributed by atoms with E-state index in [0.717, 1.165) is 166 Å². The first kappa shape index (κ1) is 166. The van der Waals surface area contributed by atoms with Gasteiger partial charge in [-0.2, -0.15) is 0 Å². The molecule has 0 heterocycles. The van der Waals surface area contributed by atoms with E-state index in [4.69, 9.17) is 52.1 Å². The summed E-state index contributed by atoms with van der Waals surface area (Å²) >= 11 is 0. The highest BCUT2D eigenvalue weighted by Crippen LogP contribution is 2.69. The summed E-state index contributed by atoms with van der Waals surface area (Å²) in [5.41, 5.74) is -3.02. The minimum absolute atomic E-state index is 0. The van der Waals surface area contributed by atoms with E-state index in [-0.39, 0.29) is 235 Å². The predicted octanol–water partition coefficient (Wildman–Crippen LogP) is 37.5. The number of hydrogen-bond acceptors (Lipinski definition) is 19. The van der Waals surface area contributed by atoms with Gasteiger partial charge >= 0.3 is 47.8 Å². The van der Waals surface area contributed by atoms with Crippen LogP contribution in [0.4, 0.5) is 0 Å². The predicted molar refractivity (Wildman–Crippen MR) is 623 cm³/mol. The van der Waals surface area contributed by atoms with E-state index in [1.807, 2.05) is 242 Å².